The van der Waals surface area contributed by atoms with Crippen molar-refractivity contribution in [2.24, 2.45) is 0 Å². The summed E-state index contributed by atoms with van der Waals surface area (Å²) in [5.74, 6) is 2.40. The Labute approximate surface area is 164 Å². The number of amides is 1. The second kappa shape index (κ2) is 9.83. The summed E-state index contributed by atoms with van der Waals surface area (Å²) in [6.07, 6.45) is 0.790. The topological polar surface area (TPSA) is 38.3 Å². The normalized spacial score (nSPS) is 11.6. The van der Waals surface area contributed by atoms with Crippen LogP contribution in [0.3, 0.4) is 0 Å². The van der Waals surface area contributed by atoms with Crippen LogP contribution in [0, 0.1) is 0 Å². The number of carbonyl (C=O) groups excluding carboxylic acids is 1. The van der Waals surface area contributed by atoms with Crippen LogP contribution in [0.25, 0.3) is 0 Å². The molecule has 0 fully saturated rings. The van der Waals surface area contributed by atoms with Gasteiger partial charge < -0.3 is 10.1 Å². The summed E-state index contributed by atoms with van der Waals surface area (Å²) in [7, 11) is 0. The van der Waals surface area contributed by atoms with Crippen molar-refractivity contribution >= 4 is 23.4 Å². The molecule has 0 aliphatic heterocycles. The molecule has 0 radical (unpaired) electrons. The van der Waals surface area contributed by atoms with Gasteiger partial charge in [0.1, 0.15) is 11.5 Å². The maximum atomic E-state index is 12.6. The van der Waals surface area contributed by atoms with Crippen LogP contribution in [-0.4, -0.2) is 11.2 Å². The number of ether oxygens (including phenoxy) is 1. The van der Waals surface area contributed by atoms with Gasteiger partial charge in [-0.2, -0.15) is 0 Å². The lowest BCUT2D eigenvalue weighted by atomic mass is 10.2. The lowest BCUT2D eigenvalue weighted by Crippen LogP contribution is -2.24. The molecular weight excluding hydrogens is 354 g/mol. The molecule has 0 heterocycles. The number of hydrogen-bond acceptors (Lipinski definition) is 3. The van der Waals surface area contributed by atoms with E-state index in [1.165, 1.54) is 5.56 Å². The van der Waals surface area contributed by atoms with E-state index < -0.39 is 0 Å². The molecule has 138 valence electrons. The Hall–Kier alpha value is -2.72. The Kier molecular flexibility index (Phi) is 6.94. The fraction of sp³-hybridized carbons (Fsp3) is 0.174. The largest absolute Gasteiger partial charge is 0.457 e. The number of thioether (sulfide) groups is 1. The zero-order valence-electron chi connectivity index (χ0n) is 15.3. The van der Waals surface area contributed by atoms with Gasteiger partial charge in [0.2, 0.25) is 5.91 Å². The third-order valence-corrected chi connectivity index (χ3v) is 5.51. The second-order valence-corrected chi connectivity index (χ2v) is 7.31. The maximum Gasteiger partial charge on any atom is 0.237 e. The van der Waals surface area contributed by atoms with Crippen molar-refractivity contribution in [3.05, 3.63) is 90.5 Å². The van der Waals surface area contributed by atoms with E-state index in [0.29, 0.717) is 0 Å². The van der Waals surface area contributed by atoms with Gasteiger partial charge in [-0.25, -0.2) is 0 Å². The molecule has 27 heavy (non-hydrogen) atoms. The number of hydrogen-bond donors (Lipinski definition) is 1. The standard InChI is InChI=1S/C23H23NO2S/c1-2-22(27-17-18-9-5-3-6-10-18)23(25)24-19-13-15-21(16-14-19)26-20-11-7-4-8-12-20/h3-16,22H,2,17H2,1H3,(H,24,25). The number of benzene rings is 3. The molecular formula is C23H23NO2S. The Bertz CT molecular complexity index is 835. The second-order valence-electron chi connectivity index (χ2n) is 6.12. The molecule has 3 nitrogen and oxygen atoms in total. The number of para-hydroxylation sites is 1. The van der Waals surface area contributed by atoms with Crippen molar-refractivity contribution in [2.75, 3.05) is 5.32 Å². The number of carbonyl (C=O) groups is 1. The lowest BCUT2D eigenvalue weighted by molar-refractivity contribution is -0.115. The number of nitrogens with one attached hydrogen (secondary N) is 1. The Balaban J connectivity index is 1.54. The summed E-state index contributed by atoms with van der Waals surface area (Å²) >= 11 is 1.67. The average Bonchev–Trinajstić information content (AvgIpc) is 2.71. The third kappa shape index (κ3) is 5.90. The molecule has 1 atom stereocenters. The van der Waals surface area contributed by atoms with Crippen molar-refractivity contribution in [1.29, 1.82) is 0 Å². The van der Waals surface area contributed by atoms with Crippen LogP contribution in [-0.2, 0) is 10.5 Å². The molecule has 1 amide bonds. The van der Waals surface area contributed by atoms with Crippen molar-refractivity contribution in [3.8, 4) is 11.5 Å². The molecule has 3 aromatic carbocycles. The highest BCUT2D eigenvalue weighted by Gasteiger charge is 2.17. The average molecular weight is 378 g/mol. The SMILES string of the molecule is CCC(SCc1ccccc1)C(=O)Nc1ccc(Oc2ccccc2)cc1. The van der Waals surface area contributed by atoms with E-state index in [0.717, 1.165) is 29.4 Å². The Morgan fingerprint density at radius 3 is 2.11 bits per heavy atom. The highest BCUT2D eigenvalue weighted by Crippen LogP contribution is 2.25. The molecule has 0 bridgehead atoms. The summed E-state index contributed by atoms with van der Waals surface area (Å²) in [5.41, 5.74) is 2.01. The van der Waals surface area contributed by atoms with Gasteiger partial charge >= 0.3 is 0 Å². The van der Waals surface area contributed by atoms with E-state index in [9.17, 15) is 4.79 Å². The molecule has 0 spiro atoms. The van der Waals surface area contributed by atoms with Gasteiger partial charge in [0.15, 0.2) is 0 Å². The molecule has 4 heteroatoms. The zero-order valence-corrected chi connectivity index (χ0v) is 16.1. The van der Waals surface area contributed by atoms with E-state index in [1.54, 1.807) is 11.8 Å². The molecule has 0 aromatic heterocycles. The van der Waals surface area contributed by atoms with Crippen LogP contribution in [0.4, 0.5) is 5.69 Å². The predicted molar refractivity (Wildman–Crippen MR) is 113 cm³/mol. The van der Waals surface area contributed by atoms with E-state index in [1.807, 2.05) is 79.7 Å². The first-order valence-corrected chi connectivity index (χ1v) is 10.1. The van der Waals surface area contributed by atoms with Gasteiger partial charge in [-0.15, -0.1) is 11.8 Å². The van der Waals surface area contributed by atoms with E-state index in [-0.39, 0.29) is 11.2 Å². The van der Waals surface area contributed by atoms with Crippen LogP contribution < -0.4 is 10.1 Å². The van der Waals surface area contributed by atoms with Crippen molar-refractivity contribution in [3.63, 3.8) is 0 Å². The highest BCUT2D eigenvalue weighted by molar-refractivity contribution is 7.99. The quantitative estimate of drug-likeness (QED) is 0.513. The smallest absolute Gasteiger partial charge is 0.237 e. The molecule has 3 rings (SSSR count). The van der Waals surface area contributed by atoms with Gasteiger partial charge in [-0.1, -0.05) is 55.5 Å². The fourth-order valence-electron chi connectivity index (χ4n) is 2.60. The van der Waals surface area contributed by atoms with E-state index in [2.05, 4.69) is 17.4 Å². The Morgan fingerprint density at radius 2 is 1.48 bits per heavy atom. The molecule has 1 unspecified atom stereocenters. The molecule has 3 aromatic rings. The minimum Gasteiger partial charge on any atom is -0.457 e. The molecule has 0 aliphatic rings. The van der Waals surface area contributed by atoms with E-state index in [4.69, 9.17) is 4.74 Å². The van der Waals surface area contributed by atoms with Crippen LogP contribution in [0.5, 0.6) is 11.5 Å². The van der Waals surface area contributed by atoms with Gasteiger partial charge in [0.05, 0.1) is 5.25 Å². The number of rotatable bonds is 8. The van der Waals surface area contributed by atoms with Crippen molar-refractivity contribution in [1.82, 2.24) is 0 Å². The first-order chi connectivity index (χ1) is 13.2. The molecule has 0 aliphatic carbocycles. The van der Waals surface area contributed by atoms with Crippen LogP contribution in [0.1, 0.15) is 18.9 Å². The number of anilines is 1. The Morgan fingerprint density at radius 1 is 0.889 bits per heavy atom. The monoisotopic (exact) mass is 377 g/mol. The van der Waals surface area contributed by atoms with Crippen molar-refractivity contribution in [2.45, 2.75) is 24.3 Å². The van der Waals surface area contributed by atoms with Gasteiger partial charge in [0, 0.05) is 11.4 Å². The molecule has 0 saturated heterocycles. The third-order valence-electron chi connectivity index (χ3n) is 4.06. The summed E-state index contributed by atoms with van der Waals surface area (Å²) in [6, 6.07) is 27.3. The van der Waals surface area contributed by atoms with Crippen LogP contribution in [0.2, 0.25) is 0 Å². The lowest BCUT2D eigenvalue weighted by Gasteiger charge is -2.15. The molecule has 1 N–H and O–H groups in total. The first-order valence-electron chi connectivity index (χ1n) is 9.04. The minimum absolute atomic E-state index is 0.0372. The van der Waals surface area contributed by atoms with Crippen LogP contribution in [0.15, 0.2) is 84.9 Å². The summed E-state index contributed by atoms with van der Waals surface area (Å²) in [4.78, 5) is 12.6. The first kappa shape index (κ1) is 19.1. The van der Waals surface area contributed by atoms with Crippen molar-refractivity contribution < 1.29 is 9.53 Å². The fourth-order valence-corrected chi connectivity index (χ4v) is 3.64. The minimum atomic E-state index is -0.0783. The van der Waals surface area contributed by atoms with E-state index >= 15 is 0 Å². The van der Waals surface area contributed by atoms with Gasteiger partial charge in [0.25, 0.3) is 0 Å². The summed E-state index contributed by atoms with van der Waals surface area (Å²) < 4.78 is 5.78. The van der Waals surface area contributed by atoms with Gasteiger partial charge in [-0.3, -0.25) is 4.79 Å². The molecule has 0 saturated carbocycles. The highest BCUT2D eigenvalue weighted by atomic mass is 32.2. The summed E-state index contributed by atoms with van der Waals surface area (Å²) in [6.45, 7) is 2.04. The predicted octanol–water partition coefficient (Wildman–Crippen LogP) is 6.13. The van der Waals surface area contributed by atoms with Crippen LogP contribution >= 0.6 is 11.8 Å². The summed E-state index contributed by atoms with van der Waals surface area (Å²) in [5, 5.41) is 2.93. The maximum absolute atomic E-state index is 12.6. The zero-order chi connectivity index (χ0) is 18.9. The van der Waals surface area contributed by atoms with Gasteiger partial charge in [-0.05, 0) is 48.4 Å².